The van der Waals surface area contributed by atoms with E-state index in [4.69, 9.17) is 0 Å². The van der Waals surface area contributed by atoms with Crippen molar-refractivity contribution < 1.29 is 13.6 Å². The fourth-order valence-corrected chi connectivity index (χ4v) is 2.71. The Morgan fingerprint density at radius 1 is 1.08 bits per heavy atom. The van der Waals surface area contributed by atoms with Gasteiger partial charge in [0.05, 0.1) is 22.6 Å². The van der Waals surface area contributed by atoms with Gasteiger partial charge in [-0.2, -0.15) is 5.10 Å². The van der Waals surface area contributed by atoms with E-state index < -0.39 is 0 Å². The number of halogens is 2. The number of carbonyl (C=O) groups is 1. The molecule has 6 heteroatoms. The average Bonchev–Trinajstić information content (AvgIpc) is 2.89. The van der Waals surface area contributed by atoms with Crippen LogP contribution in [0.4, 0.5) is 8.78 Å². The number of aromatic nitrogens is 2. The Balaban J connectivity index is 1.84. The first kappa shape index (κ1) is 16.8. The SMILES string of the molecule is Cc1nn(-c2ccc(F)cc2)c(C)c1C(=O)NCc1ccccc1F. The van der Waals surface area contributed by atoms with Crippen LogP contribution in [0.25, 0.3) is 5.69 Å². The van der Waals surface area contributed by atoms with Gasteiger partial charge in [0.25, 0.3) is 5.91 Å². The topological polar surface area (TPSA) is 46.9 Å². The van der Waals surface area contributed by atoms with Crippen molar-refractivity contribution in [3.8, 4) is 5.69 Å². The van der Waals surface area contributed by atoms with E-state index in [1.54, 1.807) is 48.9 Å². The Morgan fingerprint density at radius 3 is 2.44 bits per heavy atom. The van der Waals surface area contributed by atoms with Crippen molar-refractivity contribution in [3.63, 3.8) is 0 Å². The molecule has 0 atom stereocenters. The van der Waals surface area contributed by atoms with Crippen molar-refractivity contribution in [2.24, 2.45) is 0 Å². The van der Waals surface area contributed by atoms with Gasteiger partial charge in [0.1, 0.15) is 11.6 Å². The molecule has 0 radical (unpaired) electrons. The van der Waals surface area contributed by atoms with Crippen LogP contribution in [0.3, 0.4) is 0 Å². The molecule has 0 aliphatic carbocycles. The molecule has 25 heavy (non-hydrogen) atoms. The van der Waals surface area contributed by atoms with Gasteiger partial charge >= 0.3 is 0 Å². The fraction of sp³-hybridized carbons (Fsp3) is 0.158. The summed E-state index contributed by atoms with van der Waals surface area (Å²) in [6, 6.07) is 12.1. The Morgan fingerprint density at radius 2 is 1.76 bits per heavy atom. The minimum atomic E-state index is -0.363. The molecule has 4 nitrogen and oxygen atoms in total. The number of benzene rings is 2. The molecule has 0 unspecified atom stereocenters. The smallest absolute Gasteiger partial charge is 0.255 e. The molecule has 1 amide bonds. The monoisotopic (exact) mass is 341 g/mol. The maximum atomic E-state index is 13.7. The molecule has 1 N–H and O–H groups in total. The van der Waals surface area contributed by atoms with Gasteiger partial charge in [-0.25, -0.2) is 13.5 Å². The van der Waals surface area contributed by atoms with E-state index in [0.29, 0.717) is 28.2 Å². The molecule has 0 aliphatic heterocycles. The first-order chi connectivity index (χ1) is 12.0. The van der Waals surface area contributed by atoms with Crippen LogP contribution in [0.15, 0.2) is 48.5 Å². The molecule has 3 aromatic rings. The number of rotatable bonds is 4. The summed E-state index contributed by atoms with van der Waals surface area (Å²) in [5, 5.41) is 7.08. The van der Waals surface area contributed by atoms with Crippen molar-refractivity contribution in [2.75, 3.05) is 0 Å². The van der Waals surface area contributed by atoms with Crippen LogP contribution in [0.1, 0.15) is 27.3 Å². The van der Waals surface area contributed by atoms with E-state index in [1.165, 1.54) is 18.2 Å². The summed E-state index contributed by atoms with van der Waals surface area (Å²) < 4.78 is 28.3. The molecule has 3 rings (SSSR count). The lowest BCUT2D eigenvalue weighted by Gasteiger charge is -2.07. The molecular weight excluding hydrogens is 324 g/mol. The summed E-state index contributed by atoms with van der Waals surface area (Å²) in [5.74, 6) is -1.03. The standard InChI is InChI=1S/C19H17F2N3O/c1-12-18(19(25)22-11-14-5-3-4-6-17(14)21)13(2)24(23-12)16-9-7-15(20)8-10-16/h3-10H,11H2,1-2H3,(H,22,25). The van der Waals surface area contributed by atoms with Crippen LogP contribution in [0.2, 0.25) is 0 Å². The van der Waals surface area contributed by atoms with E-state index in [1.807, 2.05) is 0 Å². The number of carbonyl (C=O) groups excluding carboxylic acids is 1. The largest absolute Gasteiger partial charge is 0.348 e. The van der Waals surface area contributed by atoms with Gasteiger partial charge in [-0.15, -0.1) is 0 Å². The first-order valence-corrected chi connectivity index (χ1v) is 7.81. The zero-order valence-corrected chi connectivity index (χ0v) is 13.9. The Kier molecular flexibility index (Phi) is 4.61. The molecule has 128 valence electrons. The highest BCUT2D eigenvalue weighted by molar-refractivity contribution is 5.96. The number of amides is 1. The summed E-state index contributed by atoms with van der Waals surface area (Å²) in [5.41, 5.74) is 2.69. The molecule has 1 heterocycles. The highest BCUT2D eigenvalue weighted by Gasteiger charge is 2.19. The predicted molar refractivity (Wildman–Crippen MR) is 90.6 cm³/mol. The Hall–Kier alpha value is -3.02. The number of nitrogens with one attached hydrogen (secondary N) is 1. The number of hydrogen-bond donors (Lipinski definition) is 1. The second kappa shape index (κ2) is 6.84. The van der Waals surface area contributed by atoms with Crippen LogP contribution in [0, 0.1) is 25.5 Å². The van der Waals surface area contributed by atoms with Crippen molar-refractivity contribution in [2.45, 2.75) is 20.4 Å². The van der Waals surface area contributed by atoms with Gasteiger partial charge in [0.2, 0.25) is 0 Å². The van der Waals surface area contributed by atoms with Gasteiger partial charge < -0.3 is 5.32 Å². The molecule has 0 bridgehead atoms. The highest BCUT2D eigenvalue weighted by Crippen LogP contribution is 2.18. The second-order valence-electron chi connectivity index (χ2n) is 5.71. The van der Waals surface area contributed by atoms with Crippen LogP contribution in [0.5, 0.6) is 0 Å². The van der Waals surface area contributed by atoms with Gasteiger partial charge in [-0.3, -0.25) is 4.79 Å². The Bertz CT molecular complexity index is 917. The molecule has 1 aromatic heterocycles. The zero-order valence-electron chi connectivity index (χ0n) is 13.9. The number of nitrogens with zero attached hydrogens (tertiary/aromatic N) is 2. The van der Waals surface area contributed by atoms with Crippen molar-refractivity contribution in [3.05, 3.63) is 82.7 Å². The molecule has 2 aromatic carbocycles. The second-order valence-corrected chi connectivity index (χ2v) is 5.71. The Labute approximate surface area is 144 Å². The highest BCUT2D eigenvalue weighted by atomic mass is 19.1. The quantitative estimate of drug-likeness (QED) is 0.787. The fourth-order valence-electron chi connectivity index (χ4n) is 2.71. The predicted octanol–water partition coefficient (Wildman–Crippen LogP) is 3.70. The van der Waals surface area contributed by atoms with Gasteiger partial charge in [-0.1, -0.05) is 18.2 Å². The third kappa shape index (κ3) is 3.42. The lowest BCUT2D eigenvalue weighted by molar-refractivity contribution is 0.0949. The van der Waals surface area contributed by atoms with Crippen molar-refractivity contribution in [1.29, 1.82) is 0 Å². The van der Waals surface area contributed by atoms with Crippen molar-refractivity contribution in [1.82, 2.24) is 15.1 Å². The van der Waals surface area contributed by atoms with E-state index in [0.717, 1.165) is 0 Å². The lowest BCUT2D eigenvalue weighted by Crippen LogP contribution is -2.24. The van der Waals surface area contributed by atoms with E-state index in [-0.39, 0.29) is 24.1 Å². The minimum absolute atomic E-state index is 0.0894. The maximum Gasteiger partial charge on any atom is 0.255 e. The summed E-state index contributed by atoms with van der Waals surface area (Å²) in [6.07, 6.45) is 0. The summed E-state index contributed by atoms with van der Waals surface area (Å²) in [6.45, 7) is 3.58. The summed E-state index contributed by atoms with van der Waals surface area (Å²) >= 11 is 0. The van der Waals surface area contributed by atoms with Crippen LogP contribution >= 0.6 is 0 Å². The zero-order chi connectivity index (χ0) is 18.0. The van der Waals surface area contributed by atoms with E-state index >= 15 is 0 Å². The summed E-state index contributed by atoms with van der Waals surface area (Å²) in [7, 11) is 0. The third-order valence-electron chi connectivity index (χ3n) is 3.99. The molecule has 0 saturated heterocycles. The van der Waals surface area contributed by atoms with Gasteiger partial charge in [0.15, 0.2) is 0 Å². The van der Waals surface area contributed by atoms with Crippen LogP contribution < -0.4 is 5.32 Å². The van der Waals surface area contributed by atoms with Crippen LogP contribution in [-0.4, -0.2) is 15.7 Å². The number of hydrogen-bond acceptors (Lipinski definition) is 2. The molecule has 0 saturated carbocycles. The summed E-state index contributed by atoms with van der Waals surface area (Å²) in [4.78, 5) is 12.5. The maximum absolute atomic E-state index is 13.7. The molecule has 0 aliphatic rings. The number of aryl methyl sites for hydroxylation is 1. The lowest BCUT2D eigenvalue weighted by atomic mass is 10.1. The molecular formula is C19H17F2N3O. The van der Waals surface area contributed by atoms with Crippen LogP contribution in [-0.2, 0) is 6.54 Å². The van der Waals surface area contributed by atoms with Gasteiger partial charge in [-0.05, 0) is 44.2 Å². The average molecular weight is 341 g/mol. The van der Waals surface area contributed by atoms with E-state index in [9.17, 15) is 13.6 Å². The minimum Gasteiger partial charge on any atom is -0.348 e. The normalized spacial score (nSPS) is 10.7. The van der Waals surface area contributed by atoms with Crippen molar-refractivity contribution >= 4 is 5.91 Å². The first-order valence-electron chi connectivity index (χ1n) is 7.81. The van der Waals surface area contributed by atoms with E-state index in [2.05, 4.69) is 10.4 Å². The molecule has 0 fully saturated rings. The van der Waals surface area contributed by atoms with Gasteiger partial charge in [0, 0.05) is 12.1 Å². The third-order valence-corrected chi connectivity index (χ3v) is 3.99. The molecule has 0 spiro atoms.